The molecule has 0 spiro atoms. The lowest BCUT2D eigenvalue weighted by atomic mass is 9.78. The first kappa shape index (κ1) is 89.2. The third-order valence-electron chi connectivity index (χ3n) is 24.3. The smallest absolute Gasteiger partial charge is 0.537 e. The van der Waals surface area contributed by atoms with E-state index in [9.17, 15) is 0 Å². The van der Waals surface area contributed by atoms with E-state index in [2.05, 4.69) is 242 Å². The van der Waals surface area contributed by atoms with Gasteiger partial charge in [0.25, 0.3) is 0 Å². The molecule has 7 aromatic heterocycles. The molecule has 8 heterocycles. The fourth-order valence-corrected chi connectivity index (χ4v) is 17.5. The normalized spacial score (nSPS) is 12.5. The Hall–Kier alpha value is -14.7. The highest BCUT2D eigenvalue weighted by atomic mass is 79.9. The third-order valence-corrected chi connectivity index (χ3v) is 25.7. The highest BCUT2D eigenvalue weighted by molar-refractivity contribution is 9.10. The van der Waals surface area contributed by atoms with Crippen LogP contribution in [0.25, 0.3) is 199 Å². The summed E-state index contributed by atoms with van der Waals surface area (Å²) in [6.45, 7) is 8.29. The van der Waals surface area contributed by atoms with Crippen molar-refractivity contribution in [3.63, 3.8) is 0 Å². The van der Waals surface area contributed by atoms with Crippen LogP contribution in [0.3, 0.4) is 0 Å². The zero-order valence-electron chi connectivity index (χ0n) is 73.7. The van der Waals surface area contributed by atoms with E-state index in [0.717, 1.165) is 208 Å². The number of halogens is 5. The molecule has 0 unspecified atom stereocenters. The van der Waals surface area contributed by atoms with Gasteiger partial charge < -0.3 is 41.1 Å². The zero-order valence-corrected chi connectivity index (χ0v) is 78.3. The molecule has 0 atom stereocenters. The predicted molar refractivity (Wildman–Crippen MR) is 562 cm³/mol. The van der Waals surface area contributed by atoms with Gasteiger partial charge in [-0.3, -0.25) is 0 Å². The van der Waals surface area contributed by atoms with Crippen LogP contribution in [0.1, 0.15) is 27.7 Å². The van der Waals surface area contributed by atoms with Crippen molar-refractivity contribution >= 4 is 192 Å². The Balaban J connectivity index is 0.000000112. The van der Waals surface area contributed by atoms with Crippen molar-refractivity contribution in [1.82, 2.24) is 19.9 Å². The second-order valence-electron chi connectivity index (χ2n) is 33.6. The Morgan fingerprint density at radius 3 is 0.875 bits per heavy atom. The van der Waals surface area contributed by atoms with Gasteiger partial charge in [-0.25, -0.2) is 19.9 Å². The van der Waals surface area contributed by atoms with E-state index < -0.39 is 0 Å². The van der Waals surface area contributed by atoms with Gasteiger partial charge in [-0.15, -0.1) is 0 Å². The van der Waals surface area contributed by atoms with Crippen LogP contribution in [0.5, 0.6) is 5.75 Å². The molecule has 17 aromatic carbocycles. The third kappa shape index (κ3) is 19.4. The van der Waals surface area contributed by atoms with Gasteiger partial charge in [0.05, 0.1) is 22.6 Å². The molecule has 1 aliphatic rings. The van der Waals surface area contributed by atoms with Crippen molar-refractivity contribution in [2.45, 2.75) is 38.9 Å². The second-order valence-corrected chi connectivity index (χ2v) is 36.1. The highest BCUT2D eigenvalue weighted by Gasteiger charge is 2.51. The standard InChI is InChI=1S/C46H28N2O2.C24H23BO3.C18H11ClO.C12H8BO3.C10H6Cl2N2.C6H4BrCl/c1-2-8-33(9-3-1)46-47-40(31-18-14-29(15-19-31)34-22-24-38-36-10-4-6-12-42(36)49-44(38)26-34)28-41(48-46)32-20-16-30(17-21-32)35-23-25-39-37-11-5-7-13-43(37)50-45(39)27-35;1-23(2)24(3,4)28-25(27-23)18-12-9-16(10-13-18)17-11-14-20-19-7-5-6-8-21(19)26-22(20)15-17;19-14-8-5-12(6-9-14)13-7-10-16-15-3-1-2-4-17(15)20-18(16)11-13;14-13-16-8-5-6-10-9-3-1-2-4-11(9)15-12(10)7-8;11-8-6-9(12)14-10(13-8)7-4-2-1-3-5-7;7-5-1-3-6(8)4-2-5/h1-28H;5-15H,1-4H3;1-11H;1-7,14H;1-6H;1-4H. The predicted octanol–water partition coefficient (Wildman–Crippen LogP) is 33.1. The summed E-state index contributed by atoms with van der Waals surface area (Å²) >= 11 is 26.3. The second kappa shape index (κ2) is 39.1. The maximum Gasteiger partial charge on any atom is 0.569 e. The van der Waals surface area contributed by atoms with Crippen LogP contribution in [0.2, 0.25) is 20.4 Å². The lowest BCUT2D eigenvalue weighted by molar-refractivity contribution is 0.00578. The maximum atomic E-state index is 8.55. The molecule has 20 heteroatoms. The number of furan rings is 5. The van der Waals surface area contributed by atoms with E-state index >= 15 is 0 Å². The number of nitrogens with zero attached hydrogens (tertiary/aromatic N) is 4. The van der Waals surface area contributed by atoms with Crippen LogP contribution in [0, 0.1) is 0 Å². The first-order chi connectivity index (χ1) is 66.3. The van der Waals surface area contributed by atoms with Crippen molar-refractivity contribution in [2.24, 2.45) is 0 Å². The van der Waals surface area contributed by atoms with Crippen LogP contribution < -0.4 is 10.1 Å². The summed E-state index contributed by atoms with van der Waals surface area (Å²) in [5, 5.41) is 22.0. The first-order valence-corrected chi connectivity index (χ1v) is 46.4. The highest BCUT2D eigenvalue weighted by Crippen LogP contribution is 2.42. The summed E-state index contributed by atoms with van der Waals surface area (Å²) in [5.41, 5.74) is 23.9. The molecule has 24 aromatic rings. The molecule has 0 bridgehead atoms. The minimum absolute atomic E-state index is 0.331. The van der Waals surface area contributed by atoms with Gasteiger partial charge in [0.2, 0.25) is 0 Å². The molecule has 25 rings (SSSR count). The fourth-order valence-electron chi connectivity index (χ4n) is 16.6. The molecule has 1 aliphatic heterocycles. The van der Waals surface area contributed by atoms with Crippen molar-refractivity contribution in [3.05, 3.63) is 431 Å². The molecule has 1 saturated heterocycles. The molecule has 659 valence electrons. The van der Waals surface area contributed by atoms with Gasteiger partial charge in [0.15, 0.2) is 11.6 Å². The first-order valence-electron chi connectivity index (χ1n) is 44.1. The van der Waals surface area contributed by atoms with Gasteiger partial charge >= 0.3 is 14.8 Å². The van der Waals surface area contributed by atoms with Gasteiger partial charge in [-0.1, -0.05) is 323 Å². The number of hydrogen-bond donors (Lipinski definition) is 1. The molecule has 1 radical (unpaired) electrons. The summed E-state index contributed by atoms with van der Waals surface area (Å²) in [4.78, 5) is 18.2. The Morgan fingerprint density at radius 2 is 0.537 bits per heavy atom. The minimum atomic E-state index is -0.336. The number of rotatable bonds is 11. The fraction of sp³-hybridized carbons (Fsp3) is 0.0517. The van der Waals surface area contributed by atoms with Crippen molar-refractivity contribution in [1.29, 1.82) is 0 Å². The Morgan fingerprint density at radius 1 is 0.265 bits per heavy atom. The van der Waals surface area contributed by atoms with E-state index in [-0.39, 0.29) is 18.3 Å². The molecular formula is C116H80B2BrCl4N4O9. The van der Waals surface area contributed by atoms with Crippen molar-refractivity contribution < 1.29 is 41.1 Å². The van der Waals surface area contributed by atoms with Crippen LogP contribution in [0.15, 0.2) is 433 Å². The lowest BCUT2D eigenvalue weighted by Gasteiger charge is -2.32. The molecule has 1 N–H and O–H groups in total. The summed E-state index contributed by atoms with van der Waals surface area (Å²) in [7, 11) is 0.320. The summed E-state index contributed by atoms with van der Waals surface area (Å²) < 4.78 is 48.2. The van der Waals surface area contributed by atoms with E-state index in [4.69, 9.17) is 97.4 Å². The van der Waals surface area contributed by atoms with E-state index in [1.165, 1.54) is 6.07 Å². The topological polar surface area (TPSA) is 165 Å². The minimum Gasteiger partial charge on any atom is -0.537 e. The average Bonchev–Trinajstić information content (AvgIpc) is 1.60. The van der Waals surface area contributed by atoms with Crippen LogP contribution in [-0.4, -0.2) is 51.0 Å². The Labute approximate surface area is 812 Å². The van der Waals surface area contributed by atoms with Crippen molar-refractivity contribution in [2.75, 3.05) is 0 Å². The summed E-state index contributed by atoms with van der Waals surface area (Å²) in [6, 6.07) is 136. The molecule has 13 nitrogen and oxygen atoms in total. The number of para-hydroxylation sites is 5. The van der Waals surface area contributed by atoms with Gasteiger partial charge in [0.1, 0.15) is 71.9 Å². The Kier molecular flexibility index (Phi) is 25.7. The average molecular weight is 1920 g/mol. The molecular weight excluding hydrogens is 1840 g/mol. The molecule has 0 aliphatic carbocycles. The molecule has 0 saturated carbocycles. The maximum absolute atomic E-state index is 8.55. The molecule has 136 heavy (non-hydrogen) atoms. The molecule has 1 fully saturated rings. The number of aromatic nitrogens is 4. The SMILES string of the molecule is CC1(C)OB(c2ccc(-c3ccc4c(c3)oc3ccccc34)cc2)OC1(C)C.Clc1cc(Cl)nc(-c2ccccc2)n1.Clc1ccc(-c2ccc3c(c2)oc2ccccc23)cc1.Clc1ccc(Br)cc1.O[B]Oc1ccc2c(c1)oc1ccccc12.c1ccc(-c2nc(-c3ccc(-c4ccc5c(c4)oc4ccccc45)cc3)cc(-c3ccc(-c4ccc5c(c4)oc4ccccc45)cc3)n2)cc1. The number of fused-ring (bicyclic) bond motifs is 15. The van der Waals surface area contributed by atoms with Gasteiger partial charge in [0, 0.05) is 103 Å². The van der Waals surface area contributed by atoms with Crippen LogP contribution >= 0.6 is 62.3 Å². The van der Waals surface area contributed by atoms with E-state index in [1.807, 2.05) is 200 Å². The van der Waals surface area contributed by atoms with Crippen molar-refractivity contribution in [3.8, 4) is 95.5 Å². The number of benzene rings is 17. The van der Waals surface area contributed by atoms with E-state index in [1.54, 1.807) is 12.1 Å². The Bertz CT molecular complexity index is 8220. The summed E-state index contributed by atoms with van der Waals surface area (Å²) in [6.07, 6.45) is 0. The summed E-state index contributed by atoms with van der Waals surface area (Å²) in [5.74, 6) is 1.79. The monoisotopic (exact) mass is 1910 g/mol. The van der Waals surface area contributed by atoms with Gasteiger partial charge in [-0.05, 0) is 211 Å². The number of hydrogen-bond acceptors (Lipinski definition) is 13. The van der Waals surface area contributed by atoms with Gasteiger partial charge in [-0.2, -0.15) is 0 Å². The molecule has 0 amide bonds. The van der Waals surface area contributed by atoms with Crippen LogP contribution in [-0.2, 0) is 9.31 Å². The lowest BCUT2D eigenvalue weighted by Crippen LogP contribution is -2.41. The quantitative estimate of drug-likeness (QED) is 0.0961. The van der Waals surface area contributed by atoms with E-state index in [0.29, 0.717) is 35.4 Å². The zero-order chi connectivity index (χ0) is 93.0. The van der Waals surface area contributed by atoms with Crippen LogP contribution in [0.4, 0.5) is 0 Å². The largest absolute Gasteiger partial charge is 0.569 e.